The van der Waals surface area contributed by atoms with Gasteiger partial charge in [0.1, 0.15) is 17.1 Å². The van der Waals surface area contributed by atoms with Crippen molar-refractivity contribution in [2.24, 2.45) is 4.99 Å². The van der Waals surface area contributed by atoms with Crippen molar-refractivity contribution in [3.05, 3.63) is 54.0 Å². The molecule has 0 bridgehead atoms. The number of carbonyl (C=O) groups is 1. The highest BCUT2D eigenvalue weighted by Crippen LogP contribution is 2.21. The Morgan fingerprint density at radius 3 is 2.62 bits per heavy atom. The van der Waals surface area contributed by atoms with E-state index in [0.29, 0.717) is 42.7 Å². The van der Waals surface area contributed by atoms with Crippen molar-refractivity contribution in [2.45, 2.75) is 19.4 Å². The fourth-order valence-electron chi connectivity index (χ4n) is 2.46. The molecule has 0 saturated heterocycles. The smallest absolute Gasteiger partial charge is 0.251 e. The molecule has 1 heterocycles. The maximum Gasteiger partial charge on any atom is 0.251 e. The van der Waals surface area contributed by atoms with E-state index in [2.05, 4.69) is 20.9 Å². The van der Waals surface area contributed by atoms with Crippen molar-refractivity contribution in [3.8, 4) is 5.75 Å². The van der Waals surface area contributed by atoms with Gasteiger partial charge in [-0.3, -0.25) is 4.79 Å². The molecule has 2 rings (SSSR count). The zero-order valence-corrected chi connectivity index (χ0v) is 19.2. The Morgan fingerprint density at radius 1 is 1.21 bits per heavy atom. The van der Waals surface area contributed by atoms with Gasteiger partial charge in [-0.2, -0.15) is 0 Å². The molecule has 1 amide bonds. The molecule has 0 fully saturated rings. The number of nitrogens with one attached hydrogen (secondary N) is 3. The normalized spacial score (nSPS) is 13.0. The molecule has 0 aliphatic heterocycles. The third-order valence-electron chi connectivity index (χ3n) is 3.98. The molecule has 0 aliphatic carbocycles. The molecule has 1 atom stereocenters. The Hall–Kier alpha value is -2.27. The Kier molecular flexibility index (Phi) is 10.5. The van der Waals surface area contributed by atoms with Gasteiger partial charge in [0.2, 0.25) is 0 Å². The van der Waals surface area contributed by atoms with Gasteiger partial charge in [-0.15, -0.1) is 24.0 Å². The summed E-state index contributed by atoms with van der Waals surface area (Å²) in [7, 11) is 1.56. The Bertz CT molecular complexity index is 779. The van der Waals surface area contributed by atoms with E-state index in [0.717, 1.165) is 0 Å². The van der Waals surface area contributed by atoms with Crippen LogP contribution < -0.4 is 20.7 Å². The minimum absolute atomic E-state index is 0. The molecular weight excluding hydrogens is 487 g/mol. The van der Waals surface area contributed by atoms with Crippen molar-refractivity contribution >= 4 is 35.8 Å². The number of methoxy groups -OCH3 is 1. The predicted octanol–water partition coefficient (Wildman–Crippen LogP) is 2.10. The highest BCUT2D eigenvalue weighted by Gasteiger charge is 2.26. The first-order chi connectivity index (χ1) is 13.5. The van der Waals surface area contributed by atoms with Crippen molar-refractivity contribution in [2.75, 3.05) is 33.3 Å². The van der Waals surface area contributed by atoms with E-state index >= 15 is 0 Å². The van der Waals surface area contributed by atoms with Crippen molar-refractivity contribution in [1.29, 1.82) is 0 Å². The van der Waals surface area contributed by atoms with E-state index in [1.165, 1.54) is 6.26 Å². The number of furan rings is 1. The van der Waals surface area contributed by atoms with Crippen LogP contribution in [0.5, 0.6) is 5.75 Å². The molecule has 4 N–H and O–H groups in total. The molecule has 2 aromatic rings. The average molecular weight is 516 g/mol. The van der Waals surface area contributed by atoms with Crippen LogP contribution >= 0.6 is 24.0 Å². The van der Waals surface area contributed by atoms with E-state index in [1.54, 1.807) is 50.4 Å². The second-order valence-corrected chi connectivity index (χ2v) is 6.36. The second kappa shape index (κ2) is 12.3. The van der Waals surface area contributed by atoms with Crippen LogP contribution in [0.15, 0.2) is 52.1 Å². The van der Waals surface area contributed by atoms with Gasteiger partial charge in [-0.1, -0.05) is 6.07 Å². The fourth-order valence-corrected chi connectivity index (χ4v) is 2.46. The SMILES string of the molecule is CCNC(=NCC(C)(O)c1ccco1)NCCNC(=O)c1cccc(OC)c1.I. The summed E-state index contributed by atoms with van der Waals surface area (Å²) in [6.45, 7) is 5.29. The number of rotatable bonds is 9. The predicted molar refractivity (Wildman–Crippen MR) is 123 cm³/mol. The minimum Gasteiger partial charge on any atom is -0.497 e. The number of carbonyl (C=O) groups excluding carboxylic acids is 1. The number of amides is 1. The summed E-state index contributed by atoms with van der Waals surface area (Å²) in [5.74, 6) is 1.46. The van der Waals surface area contributed by atoms with Crippen LogP contribution in [0.1, 0.15) is 30.0 Å². The number of hydrogen-bond donors (Lipinski definition) is 4. The Labute approximate surface area is 188 Å². The molecule has 1 aromatic carbocycles. The maximum atomic E-state index is 12.2. The summed E-state index contributed by atoms with van der Waals surface area (Å²) in [5.41, 5.74) is -0.665. The van der Waals surface area contributed by atoms with E-state index in [1.807, 2.05) is 6.92 Å². The highest BCUT2D eigenvalue weighted by atomic mass is 127. The molecule has 8 nitrogen and oxygen atoms in total. The van der Waals surface area contributed by atoms with Crippen LogP contribution in [-0.4, -0.2) is 50.3 Å². The van der Waals surface area contributed by atoms with Crippen LogP contribution in [-0.2, 0) is 5.60 Å². The van der Waals surface area contributed by atoms with Gasteiger partial charge < -0.3 is 30.2 Å². The van der Waals surface area contributed by atoms with Gasteiger partial charge in [-0.25, -0.2) is 4.99 Å². The summed E-state index contributed by atoms with van der Waals surface area (Å²) < 4.78 is 10.4. The number of nitrogens with zero attached hydrogens (tertiary/aromatic N) is 1. The zero-order chi connectivity index (χ0) is 20.4. The van der Waals surface area contributed by atoms with Gasteiger partial charge in [0, 0.05) is 25.2 Å². The zero-order valence-electron chi connectivity index (χ0n) is 16.9. The first kappa shape index (κ1) is 24.8. The van der Waals surface area contributed by atoms with E-state index < -0.39 is 5.60 Å². The quantitative estimate of drug-likeness (QED) is 0.176. The molecule has 1 unspecified atom stereocenters. The highest BCUT2D eigenvalue weighted by molar-refractivity contribution is 14.0. The average Bonchev–Trinajstić information content (AvgIpc) is 3.25. The maximum absolute atomic E-state index is 12.2. The lowest BCUT2D eigenvalue weighted by atomic mass is 10.0. The number of hydrogen-bond acceptors (Lipinski definition) is 5. The molecular formula is C20H29IN4O4. The van der Waals surface area contributed by atoms with Crippen molar-refractivity contribution in [1.82, 2.24) is 16.0 Å². The lowest BCUT2D eigenvalue weighted by molar-refractivity contribution is 0.0437. The van der Waals surface area contributed by atoms with Crippen molar-refractivity contribution < 1.29 is 19.1 Å². The summed E-state index contributed by atoms with van der Waals surface area (Å²) >= 11 is 0. The third kappa shape index (κ3) is 7.94. The van der Waals surface area contributed by atoms with Crippen LogP contribution in [0.3, 0.4) is 0 Å². The van der Waals surface area contributed by atoms with E-state index in [4.69, 9.17) is 9.15 Å². The Balaban J connectivity index is 0.00000420. The molecule has 1 aromatic heterocycles. The molecule has 9 heteroatoms. The molecule has 29 heavy (non-hydrogen) atoms. The minimum atomic E-state index is -1.20. The topological polar surface area (TPSA) is 108 Å². The van der Waals surface area contributed by atoms with Gasteiger partial charge in [0.05, 0.1) is 19.9 Å². The van der Waals surface area contributed by atoms with Gasteiger partial charge >= 0.3 is 0 Å². The van der Waals surface area contributed by atoms with Crippen LogP contribution in [0.25, 0.3) is 0 Å². The molecule has 0 aliphatic rings. The fraction of sp³-hybridized carbons (Fsp3) is 0.400. The van der Waals surface area contributed by atoms with Crippen molar-refractivity contribution in [3.63, 3.8) is 0 Å². The number of aliphatic hydroxyl groups is 1. The van der Waals surface area contributed by atoms with E-state index in [9.17, 15) is 9.90 Å². The summed E-state index contributed by atoms with van der Waals surface area (Å²) in [4.78, 5) is 16.6. The number of halogens is 1. The van der Waals surface area contributed by atoms with Crippen LogP contribution in [0.2, 0.25) is 0 Å². The summed E-state index contributed by atoms with van der Waals surface area (Å²) in [6.07, 6.45) is 1.52. The lowest BCUT2D eigenvalue weighted by Gasteiger charge is -2.19. The molecule has 0 spiro atoms. The molecule has 0 radical (unpaired) electrons. The number of guanidine groups is 1. The number of benzene rings is 1. The van der Waals surface area contributed by atoms with Gasteiger partial charge in [-0.05, 0) is 44.2 Å². The first-order valence-corrected chi connectivity index (χ1v) is 9.17. The lowest BCUT2D eigenvalue weighted by Crippen LogP contribution is -2.42. The Morgan fingerprint density at radius 2 is 1.97 bits per heavy atom. The van der Waals surface area contributed by atoms with E-state index in [-0.39, 0.29) is 36.4 Å². The monoisotopic (exact) mass is 516 g/mol. The number of ether oxygens (including phenoxy) is 1. The molecule has 0 saturated carbocycles. The van der Waals surface area contributed by atoms with Gasteiger partial charge in [0.25, 0.3) is 5.91 Å². The van der Waals surface area contributed by atoms with Crippen LogP contribution in [0.4, 0.5) is 0 Å². The van der Waals surface area contributed by atoms with Crippen LogP contribution in [0, 0.1) is 0 Å². The first-order valence-electron chi connectivity index (χ1n) is 9.17. The second-order valence-electron chi connectivity index (χ2n) is 6.36. The van der Waals surface area contributed by atoms with Gasteiger partial charge in [0.15, 0.2) is 5.96 Å². The third-order valence-corrected chi connectivity index (χ3v) is 3.98. The number of aliphatic imine (C=N–C) groups is 1. The largest absolute Gasteiger partial charge is 0.497 e. The molecule has 160 valence electrons. The summed E-state index contributed by atoms with van der Waals surface area (Å²) in [5, 5.41) is 19.5. The standard InChI is InChI=1S/C20H28N4O4.HI/c1-4-21-19(24-14-20(2,26)17-9-6-12-28-17)23-11-10-22-18(25)15-7-5-8-16(13-15)27-3;/h5-9,12-13,26H,4,10-11,14H2,1-3H3,(H,22,25)(H2,21,23,24);1H. The summed E-state index contributed by atoms with van der Waals surface area (Å²) in [6, 6.07) is 10.4.